The third kappa shape index (κ3) is 8.90. The van der Waals surface area contributed by atoms with E-state index in [9.17, 15) is 9.90 Å². The molecule has 0 aliphatic carbocycles. The van der Waals surface area contributed by atoms with Crippen molar-refractivity contribution in [1.82, 2.24) is 0 Å². The Morgan fingerprint density at radius 2 is 1.23 bits per heavy atom. The van der Waals surface area contributed by atoms with Crippen molar-refractivity contribution in [3.05, 3.63) is 42.0 Å². The number of carboxylic acids is 1. The molecule has 0 amide bonds. The van der Waals surface area contributed by atoms with E-state index >= 15 is 0 Å². The van der Waals surface area contributed by atoms with Crippen molar-refractivity contribution in [1.29, 1.82) is 0 Å². The minimum atomic E-state index is -1.17. The van der Waals surface area contributed by atoms with E-state index in [4.69, 9.17) is 5.11 Å². The monoisotopic (exact) mass is 429 g/mol. The van der Waals surface area contributed by atoms with E-state index in [1.807, 2.05) is 0 Å². The number of hydrogen-bond donors (Lipinski definition) is 1. The molecule has 0 spiro atoms. The Morgan fingerprint density at radius 3 is 1.65 bits per heavy atom. The first kappa shape index (κ1) is 27.0. The van der Waals surface area contributed by atoms with Crippen LogP contribution in [-0.4, -0.2) is 41.7 Å². The molecule has 4 nitrogen and oxygen atoms in total. The largest absolute Gasteiger partial charge is 0.872 e. The maximum absolute atomic E-state index is 11.3. The van der Waals surface area contributed by atoms with E-state index in [1.54, 1.807) is 30.3 Å². The van der Waals surface area contributed by atoms with Gasteiger partial charge in [-0.1, -0.05) is 95.5 Å². The second-order valence-electron chi connectivity index (χ2n) is 8.62. The van der Waals surface area contributed by atoms with Crippen LogP contribution in [0.3, 0.4) is 0 Å². The second-order valence-corrected chi connectivity index (χ2v) is 8.62. The van der Waals surface area contributed by atoms with Gasteiger partial charge in [0.25, 0.3) is 0 Å². The van der Waals surface area contributed by atoms with Gasteiger partial charge in [0.15, 0.2) is 0 Å². The topological polar surface area (TPSA) is 60.4 Å². The van der Waals surface area contributed by atoms with E-state index in [0.29, 0.717) is 5.39 Å². The van der Waals surface area contributed by atoms with Gasteiger partial charge >= 0.3 is 5.97 Å². The van der Waals surface area contributed by atoms with Crippen LogP contribution in [0.15, 0.2) is 36.4 Å². The Hall–Kier alpha value is -2.07. The number of unbranched alkanes of at least 4 members (excludes halogenated alkanes) is 4. The molecule has 0 heterocycles. The SMILES string of the molecule is CCCC[N+](CCCC)(CCCC)CCCC.O=C(O)c1c([O-])ccc2ccccc12. The van der Waals surface area contributed by atoms with Crippen LogP contribution in [-0.2, 0) is 0 Å². The van der Waals surface area contributed by atoms with Crippen LogP contribution in [0.1, 0.15) is 89.4 Å². The van der Waals surface area contributed by atoms with Crippen molar-refractivity contribution in [2.24, 2.45) is 0 Å². The molecule has 0 saturated heterocycles. The zero-order valence-electron chi connectivity index (χ0n) is 20.2. The lowest BCUT2D eigenvalue weighted by Gasteiger charge is -2.39. The zero-order valence-corrected chi connectivity index (χ0v) is 20.2. The molecule has 0 aliphatic rings. The summed E-state index contributed by atoms with van der Waals surface area (Å²) in [5.41, 5.74) is -0.150. The fourth-order valence-corrected chi connectivity index (χ4v) is 4.12. The van der Waals surface area contributed by atoms with Crippen molar-refractivity contribution in [3.63, 3.8) is 0 Å². The van der Waals surface area contributed by atoms with E-state index < -0.39 is 11.7 Å². The van der Waals surface area contributed by atoms with E-state index in [2.05, 4.69) is 27.7 Å². The average Bonchev–Trinajstić information content (AvgIpc) is 2.78. The number of hydrogen-bond acceptors (Lipinski definition) is 2. The molecular weight excluding hydrogens is 386 g/mol. The summed E-state index contributed by atoms with van der Waals surface area (Å²) in [5, 5.41) is 21.4. The second kappa shape index (κ2) is 14.9. The molecule has 4 heteroatoms. The Kier molecular flexibility index (Phi) is 12.9. The quantitative estimate of drug-likeness (QED) is 0.364. The summed E-state index contributed by atoms with van der Waals surface area (Å²) >= 11 is 0. The molecule has 31 heavy (non-hydrogen) atoms. The lowest BCUT2D eigenvalue weighted by atomic mass is 10.0. The van der Waals surface area contributed by atoms with Crippen molar-refractivity contribution in [2.45, 2.75) is 79.1 Å². The van der Waals surface area contributed by atoms with E-state index in [-0.39, 0.29) is 5.56 Å². The van der Waals surface area contributed by atoms with Crippen LogP contribution in [0.4, 0.5) is 0 Å². The van der Waals surface area contributed by atoms with E-state index in [1.165, 1.54) is 88.1 Å². The van der Waals surface area contributed by atoms with Crippen LogP contribution < -0.4 is 5.11 Å². The average molecular weight is 430 g/mol. The van der Waals surface area contributed by atoms with Gasteiger partial charge in [-0.15, -0.1) is 0 Å². The zero-order chi connectivity index (χ0) is 23.1. The Bertz CT molecular complexity index is 735. The summed E-state index contributed by atoms with van der Waals surface area (Å²) in [7, 11) is 0. The molecular formula is C27H43NO3. The molecule has 0 radical (unpaired) electrons. The van der Waals surface area contributed by atoms with Gasteiger partial charge in [-0.25, -0.2) is 4.79 Å². The van der Waals surface area contributed by atoms with Gasteiger partial charge in [0.05, 0.1) is 31.7 Å². The van der Waals surface area contributed by atoms with Crippen LogP contribution in [0.5, 0.6) is 5.75 Å². The van der Waals surface area contributed by atoms with E-state index in [0.717, 1.165) is 5.39 Å². The molecule has 0 bridgehead atoms. The molecule has 1 N–H and O–H groups in total. The normalized spacial score (nSPS) is 11.2. The van der Waals surface area contributed by atoms with Gasteiger partial charge in [0, 0.05) is 0 Å². The lowest BCUT2D eigenvalue weighted by molar-refractivity contribution is -0.929. The number of aromatic carboxylic acids is 1. The highest BCUT2D eigenvalue weighted by atomic mass is 16.4. The Balaban J connectivity index is 0.000000314. The first-order valence-electron chi connectivity index (χ1n) is 12.2. The Labute approximate surface area is 189 Å². The maximum atomic E-state index is 11.3. The molecule has 0 saturated carbocycles. The molecule has 174 valence electrons. The number of carbonyl (C=O) groups is 1. The standard InChI is InChI=1S/C16H36N.C11H8O3/c1-5-9-13-17(14-10-6-2,15-11-7-3)16-12-8-4;12-9-6-5-7-3-1-2-4-8(7)10(9)11(13)14/h5-16H2,1-4H3;1-6,12H,(H,13,14)/q+1;/p-1. The number of rotatable bonds is 13. The third-order valence-corrected chi connectivity index (χ3v) is 6.05. The number of quaternary nitrogens is 1. The summed E-state index contributed by atoms with van der Waals surface area (Å²) in [5.74, 6) is -1.62. The number of carboxylic acid groups (broad SMARTS) is 1. The van der Waals surface area contributed by atoms with Crippen molar-refractivity contribution in [3.8, 4) is 5.75 Å². The minimum absolute atomic E-state index is 0.150. The highest BCUT2D eigenvalue weighted by molar-refractivity contribution is 6.05. The van der Waals surface area contributed by atoms with Gasteiger partial charge in [-0.2, -0.15) is 0 Å². The summed E-state index contributed by atoms with van der Waals surface area (Å²) in [6.45, 7) is 15.0. The fraction of sp³-hybridized carbons (Fsp3) is 0.593. The van der Waals surface area contributed by atoms with Crippen LogP contribution >= 0.6 is 0 Å². The molecule has 2 rings (SSSR count). The highest BCUT2D eigenvalue weighted by Gasteiger charge is 2.24. The van der Waals surface area contributed by atoms with Crippen molar-refractivity contribution >= 4 is 16.7 Å². The van der Waals surface area contributed by atoms with Crippen LogP contribution in [0, 0.1) is 0 Å². The highest BCUT2D eigenvalue weighted by Crippen LogP contribution is 2.24. The number of fused-ring (bicyclic) bond motifs is 1. The van der Waals surface area contributed by atoms with Crippen molar-refractivity contribution in [2.75, 3.05) is 26.2 Å². The summed E-state index contributed by atoms with van der Waals surface area (Å²) in [6, 6.07) is 9.85. The number of benzene rings is 2. The molecule has 2 aromatic rings. The fourth-order valence-electron chi connectivity index (χ4n) is 4.12. The lowest BCUT2D eigenvalue weighted by Crippen LogP contribution is -2.50. The predicted octanol–water partition coefficient (Wildman–Crippen LogP) is 6.62. The maximum Gasteiger partial charge on any atom is 0.335 e. The molecule has 0 atom stereocenters. The van der Waals surface area contributed by atoms with Crippen LogP contribution in [0.25, 0.3) is 10.8 Å². The number of nitrogens with zero attached hydrogens (tertiary/aromatic N) is 1. The molecule has 0 unspecified atom stereocenters. The minimum Gasteiger partial charge on any atom is -0.872 e. The summed E-state index contributed by atoms with van der Waals surface area (Å²) in [4.78, 5) is 10.8. The first-order valence-corrected chi connectivity index (χ1v) is 12.2. The first-order chi connectivity index (χ1) is 14.9. The van der Waals surface area contributed by atoms with Crippen molar-refractivity contribution < 1.29 is 19.5 Å². The Morgan fingerprint density at radius 1 is 0.774 bits per heavy atom. The summed E-state index contributed by atoms with van der Waals surface area (Å²) in [6.07, 6.45) is 11.1. The smallest absolute Gasteiger partial charge is 0.335 e. The van der Waals surface area contributed by atoms with Gasteiger partial charge in [-0.3, -0.25) is 0 Å². The van der Waals surface area contributed by atoms with Gasteiger partial charge < -0.3 is 14.7 Å². The predicted molar refractivity (Wildman–Crippen MR) is 130 cm³/mol. The molecule has 0 aliphatic heterocycles. The van der Waals surface area contributed by atoms with Gasteiger partial charge in [-0.05, 0) is 36.5 Å². The molecule has 0 aromatic heterocycles. The molecule has 0 fully saturated rings. The molecule has 2 aromatic carbocycles. The summed E-state index contributed by atoms with van der Waals surface area (Å²) < 4.78 is 1.42. The van der Waals surface area contributed by atoms with Gasteiger partial charge in [0.1, 0.15) is 0 Å². The van der Waals surface area contributed by atoms with Crippen LogP contribution in [0.2, 0.25) is 0 Å². The third-order valence-electron chi connectivity index (χ3n) is 6.05. The van der Waals surface area contributed by atoms with Gasteiger partial charge in [0.2, 0.25) is 0 Å².